The van der Waals surface area contributed by atoms with Crippen molar-refractivity contribution in [2.45, 2.75) is 45.2 Å². The fraction of sp³-hybridized carbons (Fsp3) is 0.900. The number of hydrogen-bond donors (Lipinski definition) is 0. The molecule has 0 aromatic heterocycles. The van der Waals surface area contributed by atoms with Crippen molar-refractivity contribution in [1.29, 1.82) is 0 Å². The van der Waals surface area contributed by atoms with Crippen LogP contribution in [0.5, 0.6) is 0 Å². The van der Waals surface area contributed by atoms with E-state index in [2.05, 4.69) is 0 Å². The average molecular weight is 199 g/mol. The van der Waals surface area contributed by atoms with E-state index in [0.717, 1.165) is 13.0 Å². The number of likely N-dealkylation sites (tertiary alicyclic amines) is 1. The Labute approximate surface area is 84.2 Å². The molecule has 0 aromatic carbocycles. The maximum Gasteiger partial charge on any atom is 0.219 e. The molecule has 0 aromatic rings. The van der Waals surface area contributed by atoms with Gasteiger partial charge in [-0.3, -0.25) is 4.79 Å². The van der Waals surface area contributed by atoms with Gasteiger partial charge in [0.15, 0.2) is 5.79 Å². The molecule has 2 saturated heterocycles. The second-order valence-corrected chi connectivity index (χ2v) is 4.47. The molecule has 0 radical (unpaired) electrons. The molecule has 0 bridgehead atoms. The van der Waals surface area contributed by atoms with Gasteiger partial charge in [0.25, 0.3) is 0 Å². The molecule has 2 heterocycles. The number of amides is 1. The Balaban J connectivity index is 2.01. The van der Waals surface area contributed by atoms with Crippen molar-refractivity contribution in [3.63, 3.8) is 0 Å². The summed E-state index contributed by atoms with van der Waals surface area (Å²) in [7, 11) is 0. The average Bonchev–Trinajstić information content (AvgIpc) is 2.36. The molecule has 4 nitrogen and oxygen atoms in total. The number of rotatable bonds is 0. The van der Waals surface area contributed by atoms with Crippen molar-refractivity contribution in [2.24, 2.45) is 0 Å². The number of hydrogen-bond acceptors (Lipinski definition) is 3. The number of carbonyl (C=O) groups is 1. The zero-order valence-corrected chi connectivity index (χ0v) is 8.95. The van der Waals surface area contributed by atoms with E-state index < -0.39 is 5.79 Å². The van der Waals surface area contributed by atoms with Gasteiger partial charge in [-0.2, -0.15) is 0 Å². The van der Waals surface area contributed by atoms with Gasteiger partial charge in [-0.25, -0.2) is 0 Å². The minimum Gasteiger partial charge on any atom is -0.344 e. The highest BCUT2D eigenvalue weighted by atomic mass is 16.8. The molecule has 0 saturated carbocycles. The number of fused-ring (bicyclic) bond motifs is 1. The van der Waals surface area contributed by atoms with E-state index in [1.54, 1.807) is 6.92 Å². The molecule has 14 heavy (non-hydrogen) atoms. The van der Waals surface area contributed by atoms with Crippen LogP contribution in [0.15, 0.2) is 0 Å². The molecule has 2 unspecified atom stereocenters. The summed E-state index contributed by atoms with van der Waals surface area (Å²) in [4.78, 5) is 13.0. The SMILES string of the molecule is CC(=O)N1CCC2OC(C)(C)OC2C1. The van der Waals surface area contributed by atoms with E-state index in [1.807, 2.05) is 18.7 Å². The fourth-order valence-electron chi connectivity index (χ4n) is 2.19. The highest BCUT2D eigenvalue weighted by molar-refractivity contribution is 5.73. The molecule has 0 spiro atoms. The van der Waals surface area contributed by atoms with Crippen molar-refractivity contribution < 1.29 is 14.3 Å². The first-order chi connectivity index (χ1) is 6.48. The van der Waals surface area contributed by atoms with Gasteiger partial charge in [0.1, 0.15) is 6.10 Å². The number of nitrogens with zero attached hydrogens (tertiary/aromatic N) is 1. The smallest absolute Gasteiger partial charge is 0.219 e. The van der Waals surface area contributed by atoms with Crippen molar-refractivity contribution in [3.05, 3.63) is 0 Å². The highest BCUT2D eigenvalue weighted by Crippen LogP contribution is 2.32. The lowest BCUT2D eigenvalue weighted by molar-refractivity contribution is -0.146. The topological polar surface area (TPSA) is 38.8 Å². The Hall–Kier alpha value is -0.610. The minimum absolute atomic E-state index is 0.0580. The van der Waals surface area contributed by atoms with E-state index in [1.165, 1.54) is 0 Å². The van der Waals surface area contributed by atoms with Crippen LogP contribution in [0.4, 0.5) is 0 Å². The van der Waals surface area contributed by atoms with Gasteiger partial charge < -0.3 is 14.4 Å². The standard InChI is InChI=1S/C10H17NO3/c1-7(12)11-5-4-8-9(6-11)14-10(2,3)13-8/h8-9H,4-6H2,1-3H3. The highest BCUT2D eigenvalue weighted by Gasteiger charge is 2.44. The second-order valence-electron chi connectivity index (χ2n) is 4.47. The van der Waals surface area contributed by atoms with E-state index >= 15 is 0 Å². The van der Waals surface area contributed by atoms with Crippen LogP contribution in [0.1, 0.15) is 27.2 Å². The van der Waals surface area contributed by atoms with Crippen LogP contribution in [0, 0.1) is 0 Å². The molecule has 2 atom stereocenters. The Morgan fingerprint density at radius 3 is 2.64 bits per heavy atom. The molecule has 2 aliphatic rings. The molecular formula is C10H17NO3. The van der Waals surface area contributed by atoms with Crippen LogP contribution >= 0.6 is 0 Å². The first-order valence-electron chi connectivity index (χ1n) is 5.09. The lowest BCUT2D eigenvalue weighted by atomic mass is 10.1. The summed E-state index contributed by atoms with van der Waals surface area (Å²) < 4.78 is 11.4. The third-order valence-electron chi connectivity index (χ3n) is 2.81. The normalized spacial score (nSPS) is 35.5. The van der Waals surface area contributed by atoms with Crippen molar-refractivity contribution >= 4 is 5.91 Å². The third kappa shape index (κ3) is 1.77. The maximum absolute atomic E-state index is 11.2. The lowest BCUT2D eigenvalue weighted by Gasteiger charge is -2.32. The summed E-state index contributed by atoms with van der Waals surface area (Å²) >= 11 is 0. The Morgan fingerprint density at radius 2 is 2.00 bits per heavy atom. The van der Waals surface area contributed by atoms with Gasteiger partial charge in [0.05, 0.1) is 6.10 Å². The number of ether oxygens (including phenoxy) is 2. The second kappa shape index (κ2) is 3.21. The zero-order valence-electron chi connectivity index (χ0n) is 8.95. The van der Waals surface area contributed by atoms with Crippen LogP contribution in [0.2, 0.25) is 0 Å². The first-order valence-corrected chi connectivity index (χ1v) is 5.09. The quantitative estimate of drug-likeness (QED) is 0.578. The minimum atomic E-state index is -0.484. The monoisotopic (exact) mass is 199 g/mol. The van der Waals surface area contributed by atoms with Crippen LogP contribution in [0.25, 0.3) is 0 Å². The summed E-state index contributed by atoms with van der Waals surface area (Å²) in [6.45, 7) is 6.90. The van der Waals surface area contributed by atoms with Crippen molar-refractivity contribution in [2.75, 3.05) is 13.1 Å². The molecule has 2 aliphatic heterocycles. The number of carbonyl (C=O) groups excluding carboxylic acids is 1. The van der Waals surface area contributed by atoms with Gasteiger partial charge in [-0.05, 0) is 20.3 Å². The maximum atomic E-state index is 11.2. The first kappa shape index (κ1) is 9.93. The predicted molar refractivity (Wildman–Crippen MR) is 50.7 cm³/mol. The Bertz CT molecular complexity index is 252. The summed E-state index contributed by atoms with van der Waals surface area (Å²) in [6.07, 6.45) is 1.11. The van der Waals surface area contributed by atoms with E-state index in [-0.39, 0.29) is 18.1 Å². The van der Waals surface area contributed by atoms with E-state index in [0.29, 0.717) is 6.54 Å². The Morgan fingerprint density at radius 1 is 1.36 bits per heavy atom. The van der Waals surface area contributed by atoms with E-state index in [9.17, 15) is 4.79 Å². The van der Waals surface area contributed by atoms with Crippen molar-refractivity contribution in [1.82, 2.24) is 4.90 Å². The molecule has 2 rings (SSSR count). The van der Waals surface area contributed by atoms with E-state index in [4.69, 9.17) is 9.47 Å². The van der Waals surface area contributed by atoms with Crippen molar-refractivity contribution in [3.8, 4) is 0 Å². The van der Waals surface area contributed by atoms with Crippen LogP contribution in [-0.2, 0) is 14.3 Å². The Kier molecular flexibility index (Phi) is 2.27. The van der Waals surface area contributed by atoms with Gasteiger partial charge in [-0.15, -0.1) is 0 Å². The van der Waals surface area contributed by atoms with Gasteiger partial charge in [0, 0.05) is 20.0 Å². The zero-order chi connectivity index (χ0) is 10.3. The third-order valence-corrected chi connectivity index (χ3v) is 2.81. The van der Waals surface area contributed by atoms with Gasteiger partial charge in [-0.1, -0.05) is 0 Å². The molecule has 2 fully saturated rings. The molecule has 1 amide bonds. The number of piperidine rings is 1. The summed E-state index contributed by atoms with van der Waals surface area (Å²) in [5.41, 5.74) is 0. The molecule has 0 aliphatic carbocycles. The fourth-order valence-corrected chi connectivity index (χ4v) is 2.19. The van der Waals surface area contributed by atoms with Gasteiger partial charge >= 0.3 is 0 Å². The molecular weight excluding hydrogens is 182 g/mol. The van der Waals surface area contributed by atoms with Crippen LogP contribution in [0.3, 0.4) is 0 Å². The molecule has 0 N–H and O–H groups in total. The van der Waals surface area contributed by atoms with Gasteiger partial charge in [0.2, 0.25) is 5.91 Å². The predicted octanol–water partition coefficient (Wildman–Crippen LogP) is 0.759. The lowest BCUT2D eigenvalue weighted by Crippen LogP contribution is -2.47. The van der Waals surface area contributed by atoms with Crippen LogP contribution < -0.4 is 0 Å². The summed E-state index contributed by atoms with van der Waals surface area (Å²) in [6, 6.07) is 0. The van der Waals surface area contributed by atoms with Crippen LogP contribution in [-0.4, -0.2) is 41.9 Å². The largest absolute Gasteiger partial charge is 0.344 e. The summed E-state index contributed by atoms with van der Waals surface area (Å²) in [5, 5.41) is 0. The summed E-state index contributed by atoms with van der Waals surface area (Å²) in [5.74, 6) is -0.362. The molecule has 80 valence electrons. The molecule has 4 heteroatoms.